The second kappa shape index (κ2) is 9.85. The molecule has 0 fully saturated rings. The van der Waals surface area contributed by atoms with Gasteiger partial charge in [0.2, 0.25) is 0 Å². The van der Waals surface area contributed by atoms with Crippen LogP contribution in [0.15, 0.2) is 35.7 Å². The van der Waals surface area contributed by atoms with E-state index in [-0.39, 0.29) is 7.92 Å². The molecule has 0 aromatic heterocycles. The van der Waals surface area contributed by atoms with Crippen molar-refractivity contribution in [2.24, 2.45) is 5.92 Å². The molecule has 0 atom stereocenters. The highest BCUT2D eigenvalue weighted by Crippen LogP contribution is 2.43. The molecule has 0 aromatic carbocycles. The average Bonchev–Trinajstić information content (AvgIpc) is 2.26. The minimum absolute atomic E-state index is 0.0732. The van der Waals surface area contributed by atoms with Crippen LogP contribution in [-0.2, 0) is 0 Å². The fraction of sp³-hybridized carbons (Fsp3) is 0.600. The van der Waals surface area contributed by atoms with Crippen molar-refractivity contribution in [2.45, 2.75) is 41.0 Å². The molecule has 0 bridgehead atoms. The summed E-state index contributed by atoms with van der Waals surface area (Å²) < 4.78 is 0. The van der Waals surface area contributed by atoms with Gasteiger partial charge in [0.25, 0.3) is 0 Å². The van der Waals surface area contributed by atoms with E-state index in [0.29, 0.717) is 5.92 Å². The van der Waals surface area contributed by atoms with Crippen molar-refractivity contribution in [1.82, 2.24) is 0 Å². The van der Waals surface area contributed by atoms with Crippen LogP contribution < -0.4 is 0 Å². The third-order valence-corrected chi connectivity index (χ3v) is 3.68. The topological polar surface area (TPSA) is 0 Å². The van der Waals surface area contributed by atoms with Crippen LogP contribution in [0.2, 0.25) is 0 Å². The Morgan fingerprint density at radius 1 is 1.19 bits per heavy atom. The normalized spacial score (nSPS) is 11.2. The van der Waals surface area contributed by atoms with Gasteiger partial charge in [0.15, 0.2) is 0 Å². The van der Waals surface area contributed by atoms with Gasteiger partial charge in [-0.15, -0.1) is 0 Å². The molecule has 1 heteroatoms. The van der Waals surface area contributed by atoms with Crippen LogP contribution in [-0.4, -0.2) is 13.3 Å². The van der Waals surface area contributed by atoms with E-state index in [9.17, 15) is 0 Å². The van der Waals surface area contributed by atoms with E-state index in [1.165, 1.54) is 16.5 Å². The van der Waals surface area contributed by atoms with Gasteiger partial charge in [-0.2, -0.15) is 0 Å². The van der Waals surface area contributed by atoms with Crippen LogP contribution in [0.4, 0.5) is 0 Å². The molecule has 0 nitrogen and oxygen atoms in total. The van der Waals surface area contributed by atoms with Crippen molar-refractivity contribution >= 4 is 7.92 Å². The molecule has 94 valence electrons. The summed E-state index contributed by atoms with van der Waals surface area (Å²) in [5, 5.41) is 1.42. The molecule has 0 radical (unpaired) electrons. The maximum absolute atomic E-state index is 4.17. The summed E-state index contributed by atoms with van der Waals surface area (Å²) in [4.78, 5) is 0. The Bertz CT molecular complexity index is 244. The van der Waals surface area contributed by atoms with E-state index >= 15 is 0 Å². The molecule has 0 saturated heterocycles. The van der Waals surface area contributed by atoms with Crippen molar-refractivity contribution in [3.05, 3.63) is 35.7 Å². The Balaban J connectivity index is 0. The standard InChI is InChI=1S/C13H23P.C2H6/c1-8-11(4)9-13(14(6)7)12(5)10(2)3;1-2/h9-10H,4-5,8H2,1-3,6-7H3;1-2H3/b13-9+;. The first kappa shape index (κ1) is 18.0. The number of rotatable bonds is 5. The Hall–Kier alpha value is -0.350. The van der Waals surface area contributed by atoms with Gasteiger partial charge in [-0.05, 0) is 36.6 Å². The first-order valence-corrected chi connectivity index (χ1v) is 8.39. The zero-order valence-corrected chi connectivity index (χ0v) is 13.1. The van der Waals surface area contributed by atoms with Crippen LogP contribution in [0.25, 0.3) is 0 Å². The summed E-state index contributed by atoms with van der Waals surface area (Å²) in [6.45, 7) is 23.3. The summed E-state index contributed by atoms with van der Waals surface area (Å²) in [5.41, 5.74) is 2.48. The van der Waals surface area contributed by atoms with E-state index in [2.05, 4.69) is 53.3 Å². The zero-order chi connectivity index (χ0) is 13.3. The molecule has 0 rings (SSSR count). The molecule has 0 spiro atoms. The highest BCUT2D eigenvalue weighted by molar-refractivity contribution is 7.60. The molecule has 16 heavy (non-hydrogen) atoms. The predicted octanol–water partition coefficient (Wildman–Crippen LogP) is 5.82. The Morgan fingerprint density at radius 3 is 1.88 bits per heavy atom. The second-order valence-corrected chi connectivity index (χ2v) is 6.39. The minimum atomic E-state index is -0.0732. The highest BCUT2D eigenvalue weighted by atomic mass is 31.1. The van der Waals surface area contributed by atoms with Crippen molar-refractivity contribution in [3.8, 4) is 0 Å². The van der Waals surface area contributed by atoms with Gasteiger partial charge in [-0.25, -0.2) is 0 Å². The van der Waals surface area contributed by atoms with Crippen LogP contribution in [0, 0.1) is 5.92 Å². The van der Waals surface area contributed by atoms with Crippen molar-refractivity contribution in [2.75, 3.05) is 13.3 Å². The highest BCUT2D eigenvalue weighted by Gasteiger charge is 2.10. The summed E-state index contributed by atoms with van der Waals surface area (Å²) in [5.74, 6) is 0.538. The maximum atomic E-state index is 4.17. The molecule has 0 heterocycles. The monoisotopic (exact) mass is 240 g/mol. The Morgan fingerprint density at radius 2 is 1.62 bits per heavy atom. The van der Waals surface area contributed by atoms with Crippen molar-refractivity contribution in [1.29, 1.82) is 0 Å². The van der Waals surface area contributed by atoms with Crippen molar-refractivity contribution in [3.63, 3.8) is 0 Å². The smallest absolute Gasteiger partial charge is 0.0215 e. The number of allylic oxidation sites excluding steroid dienone is 4. The van der Waals surface area contributed by atoms with Gasteiger partial charge in [0, 0.05) is 0 Å². The summed E-state index contributed by atoms with van der Waals surface area (Å²) in [7, 11) is -0.0732. The molecule has 0 aliphatic rings. The molecule has 0 saturated carbocycles. The van der Waals surface area contributed by atoms with Gasteiger partial charge in [0.1, 0.15) is 0 Å². The van der Waals surface area contributed by atoms with E-state index < -0.39 is 0 Å². The van der Waals surface area contributed by atoms with Gasteiger partial charge in [-0.3, -0.25) is 0 Å². The first-order chi connectivity index (χ1) is 7.40. The summed E-state index contributed by atoms with van der Waals surface area (Å²) in [6.07, 6.45) is 3.26. The maximum Gasteiger partial charge on any atom is -0.0215 e. The molecular weight excluding hydrogens is 211 g/mol. The molecule has 0 aliphatic heterocycles. The third-order valence-electron chi connectivity index (χ3n) is 2.30. The SMILES string of the molecule is C=C(/C=C(\C(=C)C(C)C)P(C)C)CC.CC. The third kappa shape index (κ3) is 7.01. The fourth-order valence-electron chi connectivity index (χ4n) is 1.10. The van der Waals surface area contributed by atoms with Gasteiger partial charge < -0.3 is 0 Å². The van der Waals surface area contributed by atoms with Gasteiger partial charge in [-0.1, -0.05) is 67.3 Å². The number of hydrogen-bond donors (Lipinski definition) is 0. The van der Waals surface area contributed by atoms with Crippen LogP contribution >= 0.6 is 7.92 Å². The fourth-order valence-corrected chi connectivity index (χ4v) is 2.37. The lowest BCUT2D eigenvalue weighted by Crippen LogP contribution is -1.96. The van der Waals surface area contributed by atoms with E-state index in [1.54, 1.807) is 0 Å². The molecular formula is C15H29P. The van der Waals surface area contributed by atoms with Crippen molar-refractivity contribution < 1.29 is 0 Å². The Kier molecular flexibility index (Phi) is 11.1. The largest absolute Gasteiger partial charge is 0.0958 e. The average molecular weight is 240 g/mol. The second-order valence-electron chi connectivity index (χ2n) is 4.12. The van der Waals surface area contributed by atoms with Crippen LogP contribution in [0.5, 0.6) is 0 Å². The zero-order valence-electron chi connectivity index (χ0n) is 12.2. The lowest BCUT2D eigenvalue weighted by atomic mass is 10.0. The minimum Gasteiger partial charge on any atom is -0.0958 e. The summed E-state index contributed by atoms with van der Waals surface area (Å²) in [6, 6.07) is 0. The summed E-state index contributed by atoms with van der Waals surface area (Å²) >= 11 is 0. The molecule has 0 amide bonds. The van der Waals surface area contributed by atoms with E-state index in [0.717, 1.165) is 6.42 Å². The lowest BCUT2D eigenvalue weighted by Gasteiger charge is -2.18. The molecule has 0 aliphatic carbocycles. The van der Waals surface area contributed by atoms with Gasteiger partial charge in [0.05, 0.1) is 0 Å². The first-order valence-electron chi connectivity index (χ1n) is 6.16. The predicted molar refractivity (Wildman–Crippen MR) is 81.6 cm³/mol. The Labute approximate surface area is 104 Å². The molecule has 0 unspecified atom stereocenters. The number of hydrogen-bond acceptors (Lipinski definition) is 0. The van der Waals surface area contributed by atoms with E-state index in [4.69, 9.17) is 0 Å². The molecule has 0 aromatic rings. The van der Waals surface area contributed by atoms with Gasteiger partial charge >= 0.3 is 0 Å². The quantitative estimate of drug-likeness (QED) is 0.420. The van der Waals surface area contributed by atoms with E-state index in [1.807, 2.05) is 13.8 Å². The van der Waals surface area contributed by atoms with Crippen LogP contribution in [0.3, 0.4) is 0 Å². The lowest BCUT2D eigenvalue weighted by molar-refractivity contribution is 0.791. The molecule has 0 N–H and O–H groups in total. The van der Waals surface area contributed by atoms with Crippen LogP contribution in [0.1, 0.15) is 41.0 Å².